The summed E-state index contributed by atoms with van der Waals surface area (Å²) >= 11 is 0. The van der Waals surface area contributed by atoms with Gasteiger partial charge in [-0.2, -0.15) is 4.98 Å². The third-order valence-corrected chi connectivity index (χ3v) is 1.96. The topological polar surface area (TPSA) is 80.8 Å². The van der Waals surface area contributed by atoms with Crippen molar-refractivity contribution in [2.75, 3.05) is 7.11 Å². The maximum atomic E-state index is 11.2. The summed E-state index contributed by atoms with van der Waals surface area (Å²) < 4.78 is 4.82. The second-order valence-corrected chi connectivity index (χ2v) is 3.13. The average Bonchev–Trinajstić information content (AvgIpc) is 2.29. The number of rotatable bonds is 3. The molecule has 0 bridgehead atoms. The molecule has 0 spiro atoms. The Morgan fingerprint density at radius 1 is 1.44 bits per heavy atom. The van der Waals surface area contributed by atoms with Crippen molar-refractivity contribution in [3.8, 4) is 6.01 Å². The molecule has 82 valence electrons. The summed E-state index contributed by atoms with van der Waals surface area (Å²) in [6.45, 7) is 0. The van der Waals surface area contributed by atoms with Gasteiger partial charge in [-0.25, -0.2) is 4.79 Å². The van der Waals surface area contributed by atoms with E-state index in [2.05, 4.69) is 19.9 Å². The van der Waals surface area contributed by atoms with Crippen LogP contribution in [-0.2, 0) is 6.42 Å². The van der Waals surface area contributed by atoms with Crippen molar-refractivity contribution in [1.29, 1.82) is 0 Å². The number of nitrogens with zero attached hydrogens (tertiary/aromatic N) is 3. The lowest BCUT2D eigenvalue weighted by molar-refractivity contribution is 0.374. The number of ether oxygens (including phenoxy) is 1. The maximum Gasteiger partial charge on any atom is 0.350 e. The highest BCUT2D eigenvalue weighted by atomic mass is 16.5. The van der Waals surface area contributed by atoms with Gasteiger partial charge in [0.1, 0.15) is 5.82 Å². The highest BCUT2D eigenvalue weighted by Crippen LogP contribution is 2.04. The zero-order valence-corrected chi connectivity index (χ0v) is 8.67. The summed E-state index contributed by atoms with van der Waals surface area (Å²) in [5, 5.41) is 0. The van der Waals surface area contributed by atoms with Gasteiger partial charge in [0.2, 0.25) is 0 Å². The van der Waals surface area contributed by atoms with Gasteiger partial charge >= 0.3 is 11.7 Å². The van der Waals surface area contributed by atoms with Crippen LogP contribution in [0.25, 0.3) is 0 Å². The standard InChI is InChI=1S/C10H10N4O2/c1-16-10-13-8(12-9(15)14-10)5-7-3-2-4-11-6-7/h2-4,6H,5H2,1H3,(H,12,13,14,15). The number of H-pyrrole nitrogens is 1. The number of pyridine rings is 1. The number of hydrogen-bond donors (Lipinski definition) is 1. The smallest absolute Gasteiger partial charge is 0.350 e. The summed E-state index contributed by atoms with van der Waals surface area (Å²) in [4.78, 5) is 25.2. The van der Waals surface area contributed by atoms with Crippen LogP contribution in [-0.4, -0.2) is 27.0 Å². The molecule has 16 heavy (non-hydrogen) atoms. The second kappa shape index (κ2) is 4.52. The van der Waals surface area contributed by atoms with Crippen LogP contribution in [0.5, 0.6) is 6.01 Å². The van der Waals surface area contributed by atoms with Crippen LogP contribution in [0, 0.1) is 0 Å². The van der Waals surface area contributed by atoms with Gasteiger partial charge in [0, 0.05) is 18.8 Å². The zero-order valence-electron chi connectivity index (χ0n) is 8.67. The Balaban J connectivity index is 2.28. The van der Waals surface area contributed by atoms with E-state index >= 15 is 0 Å². The molecule has 1 N–H and O–H groups in total. The zero-order chi connectivity index (χ0) is 11.4. The monoisotopic (exact) mass is 218 g/mol. The second-order valence-electron chi connectivity index (χ2n) is 3.13. The van der Waals surface area contributed by atoms with Crippen molar-refractivity contribution in [3.63, 3.8) is 0 Å². The minimum atomic E-state index is -0.467. The quantitative estimate of drug-likeness (QED) is 0.793. The molecule has 6 heteroatoms. The molecule has 0 aliphatic carbocycles. The van der Waals surface area contributed by atoms with E-state index < -0.39 is 5.69 Å². The molecule has 0 atom stereocenters. The van der Waals surface area contributed by atoms with Crippen molar-refractivity contribution in [2.24, 2.45) is 0 Å². The molecule has 0 unspecified atom stereocenters. The Kier molecular flexibility index (Phi) is 2.90. The van der Waals surface area contributed by atoms with Crippen molar-refractivity contribution < 1.29 is 4.74 Å². The highest BCUT2D eigenvalue weighted by molar-refractivity contribution is 5.14. The van der Waals surface area contributed by atoms with Crippen molar-refractivity contribution in [1.82, 2.24) is 19.9 Å². The van der Waals surface area contributed by atoms with Gasteiger partial charge in [-0.05, 0) is 11.6 Å². The van der Waals surface area contributed by atoms with Gasteiger partial charge in [0.05, 0.1) is 7.11 Å². The van der Waals surface area contributed by atoms with E-state index in [0.29, 0.717) is 12.2 Å². The van der Waals surface area contributed by atoms with Gasteiger partial charge in [-0.15, -0.1) is 4.98 Å². The maximum absolute atomic E-state index is 11.2. The molecule has 2 aromatic heterocycles. The lowest BCUT2D eigenvalue weighted by atomic mass is 10.2. The van der Waals surface area contributed by atoms with Gasteiger partial charge in [-0.1, -0.05) is 6.07 Å². The number of aromatic amines is 1. The van der Waals surface area contributed by atoms with Crippen LogP contribution in [0.1, 0.15) is 11.4 Å². The summed E-state index contributed by atoms with van der Waals surface area (Å²) in [5.41, 5.74) is 0.490. The molecular formula is C10H10N4O2. The first-order valence-corrected chi connectivity index (χ1v) is 4.68. The molecule has 0 aromatic carbocycles. The Morgan fingerprint density at radius 2 is 2.31 bits per heavy atom. The molecule has 0 radical (unpaired) electrons. The van der Waals surface area contributed by atoms with E-state index in [9.17, 15) is 4.79 Å². The third-order valence-electron chi connectivity index (χ3n) is 1.96. The van der Waals surface area contributed by atoms with Gasteiger partial charge in [-0.3, -0.25) is 9.97 Å². The molecule has 2 heterocycles. The lowest BCUT2D eigenvalue weighted by Crippen LogP contribution is -2.16. The van der Waals surface area contributed by atoms with Crippen molar-refractivity contribution in [3.05, 3.63) is 46.4 Å². The predicted molar refractivity (Wildman–Crippen MR) is 56.2 cm³/mol. The number of nitrogens with one attached hydrogen (secondary N) is 1. The molecule has 0 saturated heterocycles. The molecule has 0 amide bonds. The van der Waals surface area contributed by atoms with Crippen LogP contribution in [0.2, 0.25) is 0 Å². The Hall–Kier alpha value is -2.24. The summed E-state index contributed by atoms with van der Waals surface area (Å²) in [7, 11) is 1.42. The van der Waals surface area contributed by atoms with Crippen LogP contribution in [0.3, 0.4) is 0 Å². The Morgan fingerprint density at radius 3 is 3.00 bits per heavy atom. The largest absolute Gasteiger partial charge is 0.467 e. The minimum absolute atomic E-state index is 0.0719. The van der Waals surface area contributed by atoms with E-state index in [4.69, 9.17) is 4.74 Å². The van der Waals surface area contributed by atoms with E-state index in [1.807, 2.05) is 12.1 Å². The normalized spacial score (nSPS) is 10.1. The van der Waals surface area contributed by atoms with Gasteiger partial charge in [0.15, 0.2) is 0 Å². The van der Waals surface area contributed by atoms with Crippen molar-refractivity contribution in [2.45, 2.75) is 6.42 Å². The molecule has 0 saturated carbocycles. The molecule has 0 aliphatic heterocycles. The molecule has 0 aliphatic rings. The first-order chi connectivity index (χ1) is 7.78. The van der Waals surface area contributed by atoms with Gasteiger partial charge < -0.3 is 4.74 Å². The van der Waals surface area contributed by atoms with E-state index in [1.165, 1.54) is 7.11 Å². The molecular weight excluding hydrogens is 208 g/mol. The summed E-state index contributed by atoms with van der Waals surface area (Å²) in [6.07, 6.45) is 3.89. The Labute approximate surface area is 91.4 Å². The lowest BCUT2D eigenvalue weighted by Gasteiger charge is -2.01. The van der Waals surface area contributed by atoms with Crippen LogP contribution >= 0.6 is 0 Å². The molecule has 0 fully saturated rings. The van der Waals surface area contributed by atoms with Gasteiger partial charge in [0.25, 0.3) is 0 Å². The minimum Gasteiger partial charge on any atom is -0.467 e. The fourth-order valence-electron chi connectivity index (χ4n) is 1.28. The SMILES string of the molecule is COc1nc(Cc2cccnc2)[nH]c(=O)n1. The third kappa shape index (κ3) is 2.41. The molecule has 2 aromatic rings. The predicted octanol–water partition coefficient (Wildman–Crippen LogP) is 0.159. The van der Waals surface area contributed by atoms with E-state index in [1.54, 1.807) is 12.4 Å². The van der Waals surface area contributed by atoms with Crippen LogP contribution in [0.15, 0.2) is 29.3 Å². The highest BCUT2D eigenvalue weighted by Gasteiger charge is 2.03. The molecule has 2 rings (SSSR count). The van der Waals surface area contributed by atoms with E-state index in [0.717, 1.165) is 5.56 Å². The van der Waals surface area contributed by atoms with E-state index in [-0.39, 0.29) is 6.01 Å². The number of aromatic nitrogens is 4. The number of methoxy groups -OCH3 is 1. The van der Waals surface area contributed by atoms with Crippen LogP contribution < -0.4 is 10.4 Å². The Bertz CT molecular complexity index is 524. The van der Waals surface area contributed by atoms with Crippen LogP contribution in [0.4, 0.5) is 0 Å². The summed E-state index contributed by atoms with van der Waals surface area (Å²) in [6, 6.07) is 3.80. The first kappa shape index (κ1) is 10.3. The fourth-order valence-corrected chi connectivity index (χ4v) is 1.28. The molecule has 6 nitrogen and oxygen atoms in total. The fraction of sp³-hybridized carbons (Fsp3) is 0.200. The average molecular weight is 218 g/mol. The first-order valence-electron chi connectivity index (χ1n) is 4.68. The van der Waals surface area contributed by atoms with Crippen molar-refractivity contribution >= 4 is 0 Å². The summed E-state index contributed by atoms with van der Waals surface area (Å²) in [5.74, 6) is 0.504. The number of hydrogen-bond acceptors (Lipinski definition) is 5.